The molecule has 0 unspecified atom stereocenters. The van der Waals surface area contributed by atoms with Crippen molar-refractivity contribution in [2.24, 2.45) is 0 Å². The van der Waals surface area contributed by atoms with Crippen molar-refractivity contribution >= 4 is 28.5 Å². The maximum atomic E-state index is 12.5. The van der Waals surface area contributed by atoms with E-state index in [4.69, 9.17) is 14.5 Å². The van der Waals surface area contributed by atoms with Crippen molar-refractivity contribution < 1.29 is 19.4 Å². The first-order valence-electron chi connectivity index (χ1n) is 11.7. The van der Waals surface area contributed by atoms with Crippen LogP contribution in [0.15, 0.2) is 72.8 Å². The van der Waals surface area contributed by atoms with E-state index >= 15 is 0 Å². The van der Waals surface area contributed by atoms with Crippen molar-refractivity contribution in [1.82, 2.24) is 9.88 Å². The van der Waals surface area contributed by atoms with Crippen molar-refractivity contribution in [3.05, 3.63) is 101 Å². The number of para-hydroxylation sites is 1. The number of carboxylic acid groups (broad SMARTS) is 1. The van der Waals surface area contributed by atoms with Gasteiger partial charge >= 0.3 is 5.97 Å². The number of nitrogens with zero attached hydrogens (tertiary/aromatic N) is 2. The SMILES string of the molecule is O=C(O)c1c2c(nc3ccccc13)C(=Cc1ccc3c(c1)OCCO3)CN(Cc1ccccc1)C2. The molecule has 0 bridgehead atoms. The summed E-state index contributed by atoms with van der Waals surface area (Å²) in [4.78, 5) is 19.7. The number of pyridine rings is 1. The van der Waals surface area contributed by atoms with Crippen LogP contribution >= 0.6 is 0 Å². The summed E-state index contributed by atoms with van der Waals surface area (Å²) in [6.07, 6.45) is 2.08. The summed E-state index contributed by atoms with van der Waals surface area (Å²) in [5, 5.41) is 10.9. The Hall–Kier alpha value is -4.16. The van der Waals surface area contributed by atoms with Gasteiger partial charge in [-0.25, -0.2) is 9.78 Å². The predicted molar refractivity (Wildman–Crippen MR) is 135 cm³/mol. The lowest BCUT2D eigenvalue weighted by molar-refractivity contribution is 0.0696. The largest absolute Gasteiger partial charge is 0.486 e. The number of carbonyl (C=O) groups is 1. The fourth-order valence-electron chi connectivity index (χ4n) is 4.93. The standard InChI is InChI=1S/C29H24N2O4/c32-29(33)27-22-8-4-5-9-24(22)30-28-21(14-20-10-11-25-26(15-20)35-13-12-34-25)17-31(18-23(27)28)16-19-6-2-1-3-7-19/h1-11,14-15H,12-13,16-18H2,(H,32,33). The Labute approximate surface area is 203 Å². The summed E-state index contributed by atoms with van der Waals surface area (Å²) < 4.78 is 11.4. The minimum atomic E-state index is -0.930. The van der Waals surface area contributed by atoms with Gasteiger partial charge in [-0.3, -0.25) is 4.90 Å². The van der Waals surface area contributed by atoms with E-state index in [1.807, 2.05) is 60.7 Å². The van der Waals surface area contributed by atoms with Gasteiger partial charge in [-0.1, -0.05) is 54.6 Å². The van der Waals surface area contributed by atoms with Gasteiger partial charge in [0.15, 0.2) is 11.5 Å². The summed E-state index contributed by atoms with van der Waals surface area (Å²) in [6, 6.07) is 23.6. The van der Waals surface area contributed by atoms with Crippen LogP contribution in [0, 0.1) is 0 Å². The fourth-order valence-corrected chi connectivity index (χ4v) is 4.93. The van der Waals surface area contributed by atoms with Crippen molar-refractivity contribution in [2.75, 3.05) is 19.8 Å². The molecule has 1 aromatic heterocycles. The Morgan fingerprint density at radius 2 is 1.71 bits per heavy atom. The zero-order valence-electron chi connectivity index (χ0n) is 19.1. The third kappa shape index (κ3) is 4.13. The molecule has 3 aromatic carbocycles. The first-order chi connectivity index (χ1) is 17.2. The smallest absolute Gasteiger partial charge is 0.336 e. The normalized spacial score (nSPS) is 16.3. The molecular formula is C29H24N2O4. The molecule has 0 fully saturated rings. The number of hydrogen-bond acceptors (Lipinski definition) is 5. The third-order valence-electron chi connectivity index (χ3n) is 6.44. The number of carboxylic acids is 1. The Kier molecular flexibility index (Phi) is 5.43. The van der Waals surface area contributed by atoms with Crippen LogP contribution in [0.3, 0.4) is 0 Å². The molecule has 0 atom stereocenters. The Balaban J connectivity index is 1.50. The van der Waals surface area contributed by atoms with Gasteiger partial charge in [-0.15, -0.1) is 0 Å². The van der Waals surface area contributed by atoms with Gasteiger partial charge in [0.05, 0.1) is 16.8 Å². The van der Waals surface area contributed by atoms with Crippen LogP contribution in [0.2, 0.25) is 0 Å². The maximum Gasteiger partial charge on any atom is 0.336 e. The number of rotatable bonds is 4. The Bertz CT molecular complexity index is 1460. The fraction of sp³-hybridized carbons (Fsp3) is 0.172. The van der Waals surface area contributed by atoms with Crippen molar-refractivity contribution in [1.29, 1.82) is 0 Å². The van der Waals surface area contributed by atoms with Gasteiger partial charge in [-0.05, 0) is 41.0 Å². The molecule has 35 heavy (non-hydrogen) atoms. The summed E-state index contributed by atoms with van der Waals surface area (Å²) in [7, 11) is 0. The monoisotopic (exact) mass is 464 g/mol. The molecule has 6 rings (SSSR count). The molecule has 0 aliphatic carbocycles. The van der Waals surface area contributed by atoms with E-state index in [0.29, 0.717) is 49.3 Å². The molecule has 2 aliphatic heterocycles. The average molecular weight is 465 g/mol. The van der Waals surface area contributed by atoms with Crippen LogP contribution in [0.4, 0.5) is 0 Å². The Morgan fingerprint density at radius 1 is 0.943 bits per heavy atom. The molecule has 1 N–H and O–H groups in total. The Morgan fingerprint density at radius 3 is 2.54 bits per heavy atom. The summed E-state index contributed by atoms with van der Waals surface area (Å²) in [5.41, 5.74) is 5.64. The highest BCUT2D eigenvalue weighted by Crippen LogP contribution is 2.36. The topological polar surface area (TPSA) is 71.9 Å². The van der Waals surface area contributed by atoms with Gasteiger partial charge in [0.1, 0.15) is 13.2 Å². The first-order valence-corrected chi connectivity index (χ1v) is 11.7. The molecule has 2 aliphatic rings. The second kappa shape index (κ2) is 8.89. The van der Waals surface area contributed by atoms with Crippen LogP contribution < -0.4 is 9.47 Å². The molecular weight excluding hydrogens is 440 g/mol. The second-order valence-electron chi connectivity index (χ2n) is 8.84. The van der Waals surface area contributed by atoms with Crippen LogP contribution in [-0.2, 0) is 13.1 Å². The molecule has 6 heteroatoms. The molecule has 3 heterocycles. The van der Waals surface area contributed by atoms with Gasteiger partial charge in [0.25, 0.3) is 0 Å². The van der Waals surface area contributed by atoms with Crippen LogP contribution in [0.1, 0.15) is 32.7 Å². The summed E-state index contributed by atoms with van der Waals surface area (Å²) >= 11 is 0. The molecule has 6 nitrogen and oxygen atoms in total. The van der Waals surface area contributed by atoms with Gasteiger partial charge in [0, 0.05) is 30.6 Å². The van der Waals surface area contributed by atoms with Gasteiger partial charge in [0.2, 0.25) is 0 Å². The van der Waals surface area contributed by atoms with Crippen molar-refractivity contribution in [3.8, 4) is 11.5 Å². The molecule has 0 amide bonds. The van der Waals surface area contributed by atoms with E-state index in [0.717, 1.165) is 33.9 Å². The van der Waals surface area contributed by atoms with Gasteiger partial charge < -0.3 is 14.6 Å². The highest BCUT2D eigenvalue weighted by molar-refractivity contribution is 6.06. The van der Waals surface area contributed by atoms with E-state index in [9.17, 15) is 9.90 Å². The highest BCUT2D eigenvalue weighted by Gasteiger charge is 2.28. The lowest BCUT2D eigenvalue weighted by Gasteiger charge is -2.31. The van der Waals surface area contributed by atoms with Crippen LogP contribution in [-0.4, -0.2) is 40.7 Å². The first kappa shape index (κ1) is 21.4. The van der Waals surface area contributed by atoms with Gasteiger partial charge in [-0.2, -0.15) is 0 Å². The van der Waals surface area contributed by atoms with Crippen LogP contribution in [0.25, 0.3) is 22.6 Å². The zero-order chi connectivity index (χ0) is 23.8. The minimum Gasteiger partial charge on any atom is -0.486 e. The number of aromatic nitrogens is 1. The molecule has 174 valence electrons. The van der Waals surface area contributed by atoms with Crippen molar-refractivity contribution in [3.63, 3.8) is 0 Å². The quantitative estimate of drug-likeness (QED) is 0.444. The lowest BCUT2D eigenvalue weighted by atomic mass is 9.91. The van der Waals surface area contributed by atoms with Crippen LogP contribution in [0.5, 0.6) is 11.5 Å². The molecule has 0 saturated heterocycles. The van der Waals surface area contributed by atoms with E-state index in [1.165, 1.54) is 5.56 Å². The minimum absolute atomic E-state index is 0.330. The second-order valence-corrected chi connectivity index (χ2v) is 8.84. The average Bonchev–Trinajstić information content (AvgIpc) is 2.88. The maximum absolute atomic E-state index is 12.5. The number of ether oxygens (including phenoxy) is 2. The predicted octanol–water partition coefficient (Wildman–Crippen LogP) is 5.26. The van der Waals surface area contributed by atoms with E-state index in [-0.39, 0.29) is 0 Å². The molecule has 0 spiro atoms. The number of aromatic carboxylic acids is 1. The number of hydrogen-bond donors (Lipinski definition) is 1. The molecule has 0 radical (unpaired) electrons. The lowest BCUT2D eigenvalue weighted by Crippen LogP contribution is -2.31. The summed E-state index contributed by atoms with van der Waals surface area (Å²) in [5.74, 6) is 0.533. The number of fused-ring (bicyclic) bond motifs is 3. The summed E-state index contributed by atoms with van der Waals surface area (Å²) in [6.45, 7) is 2.95. The van der Waals surface area contributed by atoms with E-state index < -0.39 is 5.97 Å². The van der Waals surface area contributed by atoms with Crippen molar-refractivity contribution in [2.45, 2.75) is 13.1 Å². The third-order valence-corrected chi connectivity index (χ3v) is 6.44. The highest BCUT2D eigenvalue weighted by atomic mass is 16.6. The zero-order valence-corrected chi connectivity index (χ0v) is 19.1. The molecule has 0 saturated carbocycles. The molecule has 4 aromatic rings. The number of benzene rings is 3. The van der Waals surface area contributed by atoms with E-state index in [1.54, 1.807) is 0 Å². The van der Waals surface area contributed by atoms with E-state index in [2.05, 4.69) is 23.1 Å².